The monoisotopic (exact) mass is 226 g/mol. The van der Waals surface area contributed by atoms with E-state index in [-0.39, 0.29) is 5.97 Å². The van der Waals surface area contributed by atoms with Crippen molar-refractivity contribution in [1.82, 2.24) is 0 Å². The van der Waals surface area contributed by atoms with Gasteiger partial charge in [-0.25, -0.2) is 0 Å². The topological polar surface area (TPSA) is 26.3 Å². The molecule has 3 heteroatoms. The normalized spacial score (nSPS) is 15.2. The SMILES string of the molecule is O=C1CCc2ccc(Br)cc2O1. The zero-order chi connectivity index (χ0) is 8.55. The third kappa shape index (κ3) is 1.37. The summed E-state index contributed by atoms with van der Waals surface area (Å²) in [5.74, 6) is 0.557. The maximum absolute atomic E-state index is 10.9. The highest BCUT2D eigenvalue weighted by Crippen LogP contribution is 2.28. The Bertz CT molecular complexity index is 333. The third-order valence-corrected chi connectivity index (χ3v) is 2.34. The molecular formula is C9H7BrO2. The number of esters is 1. The van der Waals surface area contributed by atoms with Crippen molar-refractivity contribution in [2.75, 3.05) is 0 Å². The Balaban J connectivity index is 2.44. The van der Waals surface area contributed by atoms with Gasteiger partial charge in [-0.2, -0.15) is 0 Å². The molecule has 0 N–H and O–H groups in total. The van der Waals surface area contributed by atoms with Gasteiger partial charge in [-0.1, -0.05) is 22.0 Å². The van der Waals surface area contributed by atoms with Crippen LogP contribution in [0.1, 0.15) is 12.0 Å². The Hall–Kier alpha value is -0.830. The minimum absolute atomic E-state index is 0.138. The summed E-state index contributed by atoms with van der Waals surface area (Å²) in [6, 6.07) is 5.76. The summed E-state index contributed by atoms with van der Waals surface area (Å²) < 4.78 is 5.98. The van der Waals surface area contributed by atoms with Gasteiger partial charge in [0, 0.05) is 4.47 Å². The number of fused-ring (bicyclic) bond motifs is 1. The van der Waals surface area contributed by atoms with Crippen LogP contribution in [-0.2, 0) is 11.2 Å². The van der Waals surface area contributed by atoms with E-state index in [1.165, 1.54) is 0 Å². The largest absolute Gasteiger partial charge is 0.426 e. The van der Waals surface area contributed by atoms with Gasteiger partial charge in [0.05, 0.1) is 6.42 Å². The van der Waals surface area contributed by atoms with Crippen LogP contribution in [0.25, 0.3) is 0 Å². The smallest absolute Gasteiger partial charge is 0.311 e. The molecule has 2 rings (SSSR count). The minimum atomic E-state index is -0.138. The first kappa shape index (κ1) is 7.80. The first-order chi connectivity index (χ1) is 5.75. The number of carbonyl (C=O) groups is 1. The molecule has 1 aromatic carbocycles. The van der Waals surface area contributed by atoms with Crippen molar-refractivity contribution in [3.63, 3.8) is 0 Å². The summed E-state index contributed by atoms with van der Waals surface area (Å²) in [6.07, 6.45) is 1.29. The molecule has 0 bridgehead atoms. The lowest BCUT2D eigenvalue weighted by atomic mass is 10.1. The van der Waals surface area contributed by atoms with Gasteiger partial charge in [0.2, 0.25) is 0 Å². The molecule has 0 fully saturated rings. The average Bonchev–Trinajstić information content (AvgIpc) is 2.03. The molecule has 62 valence electrons. The van der Waals surface area contributed by atoms with Crippen molar-refractivity contribution in [3.05, 3.63) is 28.2 Å². The van der Waals surface area contributed by atoms with E-state index in [2.05, 4.69) is 15.9 Å². The molecule has 0 saturated carbocycles. The van der Waals surface area contributed by atoms with Crippen LogP contribution in [0.4, 0.5) is 0 Å². The summed E-state index contributed by atoms with van der Waals surface area (Å²) in [7, 11) is 0. The first-order valence-electron chi connectivity index (χ1n) is 3.75. The molecule has 0 unspecified atom stereocenters. The molecule has 0 amide bonds. The van der Waals surface area contributed by atoms with Gasteiger partial charge in [0.15, 0.2) is 0 Å². The van der Waals surface area contributed by atoms with E-state index in [0.29, 0.717) is 12.2 Å². The van der Waals surface area contributed by atoms with Crippen LogP contribution in [0.2, 0.25) is 0 Å². The van der Waals surface area contributed by atoms with E-state index in [1.807, 2.05) is 18.2 Å². The number of benzene rings is 1. The quantitative estimate of drug-likeness (QED) is 0.502. The zero-order valence-corrected chi connectivity index (χ0v) is 7.93. The molecule has 2 nitrogen and oxygen atoms in total. The Morgan fingerprint density at radius 1 is 1.33 bits per heavy atom. The standard InChI is InChI=1S/C9H7BrO2/c10-7-3-1-6-2-4-9(11)12-8(6)5-7/h1,3,5H,2,4H2. The molecule has 12 heavy (non-hydrogen) atoms. The number of hydrogen-bond donors (Lipinski definition) is 0. The molecular weight excluding hydrogens is 220 g/mol. The number of rotatable bonds is 0. The predicted molar refractivity (Wildman–Crippen MR) is 48.1 cm³/mol. The van der Waals surface area contributed by atoms with E-state index >= 15 is 0 Å². The molecule has 0 spiro atoms. The lowest BCUT2D eigenvalue weighted by Gasteiger charge is -2.14. The van der Waals surface area contributed by atoms with E-state index < -0.39 is 0 Å². The van der Waals surface area contributed by atoms with E-state index in [0.717, 1.165) is 16.5 Å². The molecule has 1 aliphatic rings. The van der Waals surface area contributed by atoms with Crippen molar-refractivity contribution in [2.24, 2.45) is 0 Å². The molecule has 1 aromatic rings. The summed E-state index contributed by atoms with van der Waals surface area (Å²) in [4.78, 5) is 10.9. The van der Waals surface area contributed by atoms with E-state index in [9.17, 15) is 4.79 Å². The molecule has 0 aromatic heterocycles. The van der Waals surface area contributed by atoms with Gasteiger partial charge in [-0.15, -0.1) is 0 Å². The number of carbonyl (C=O) groups excluding carboxylic acids is 1. The second kappa shape index (κ2) is 2.90. The highest BCUT2D eigenvalue weighted by atomic mass is 79.9. The fraction of sp³-hybridized carbons (Fsp3) is 0.222. The average molecular weight is 227 g/mol. The van der Waals surface area contributed by atoms with Crippen LogP contribution in [0.3, 0.4) is 0 Å². The lowest BCUT2D eigenvalue weighted by Crippen LogP contribution is -2.15. The molecule has 1 heterocycles. The second-order valence-electron chi connectivity index (χ2n) is 2.73. The van der Waals surface area contributed by atoms with Crippen molar-refractivity contribution in [1.29, 1.82) is 0 Å². The van der Waals surface area contributed by atoms with Gasteiger partial charge in [-0.05, 0) is 24.1 Å². The summed E-state index contributed by atoms with van der Waals surface area (Å²) in [5, 5.41) is 0. The van der Waals surface area contributed by atoms with Crippen LogP contribution in [0, 0.1) is 0 Å². The zero-order valence-electron chi connectivity index (χ0n) is 6.34. The molecule has 0 aliphatic carbocycles. The minimum Gasteiger partial charge on any atom is -0.426 e. The summed E-state index contributed by atoms with van der Waals surface area (Å²) in [5.41, 5.74) is 1.11. The van der Waals surface area contributed by atoms with E-state index in [1.54, 1.807) is 0 Å². The van der Waals surface area contributed by atoms with Gasteiger partial charge in [0.25, 0.3) is 0 Å². The van der Waals surface area contributed by atoms with Crippen LogP contribution in [-0.4, -0.2) is 5.97 Å². The number of halogens is 1. The Labute approximate surface area is 78.7 Å². The predicted octanol–water partition coefficient (Wildman–Crippen LogP) is 2.30. The van der Waals surface area contributed by atoms with Crippen molar-refractivity contribution >= 4 is 21.9 Å². The maximum Gasteiger partial charge on any atom is 0.311 e. The Kier molecular flexibility index (Phi) is 1.89. The second-order valence-corrected chi connectivity index (χ2v) is 3.64. The first-order valence-corrected chi connectivity index (χ1v) is 4.54. The number of hydrogen-bond acceptors (Lipinski definition) is 2. The Morgan fingerprint density at radius 2 is 2.17 bits per heavy atom. The fourth-order valence-corrected chi connectivity index (χ4v) is 1.58. The van der Waals surface area contributed by atoms with Crippen molar-refractivity contribution < 1.29 is 9.53 Å². The number of aryl methyl sites for hydroxylation is 1. The van der Waals surface area contributed by atoms with Crippen LogP contribution >= 0.6 is 15.9 Å². The molecule has 1 aliphatic heterocycles. The van der Waals surface area contributed by atoms with Gasteiger partial charge in [0.1, 0.15) is 5.75 Å². The van der Waals surface area contributed by atoms with Crippen molar-refractivity contribution in [3.8, 4) is 5.75 Å². The number of ether oxygens (including phenoxy) is 1. The van der Waals surface area contributed by atoms with Crippen molar-refractivity contribution in [2.45, 2.75) is 12.8 Å². The van der Waals surface area contributed by atoms with Gasteiger partial charge in [-0.3, -0.25) is 4.79 Å². The fourth-order valence-electron chi connectivity index (χ4n) is 1.24. The van der Waals surface area contributed by atoms with Crippen LogP contribution in [0.5, 0.6) is 5.75 Å². The molecule has 0 saturated heterocycles. The highest BCUT2D eigenvalue weighted by molar-refractivity contribution is 9.10. The van der Waals surface area contributed by atoms with Gasteiger partial charge >= 0.3 is 5.97 Å². The Morgan fingerprint density at radius 3 is 3.00 bits per heavy atom. The third-order valence-electron chi connectivity index (χ3n) is 1.85. The highest BCUT2D eigenvalue weighted by Gasteiger charge is 2.16. The van der Waals surface area contributed by atoms with Crippen LogP contribution < -0.4 is 4.74 Å². The van der Waals surface area contributed by atoms with Gasteiger partial charge < -0.3 is 4.74 Å². The molecule has 0 radical (unpaired) electrons. The maximum atomic E-state index is 10.9. The molecule has 0 atom stereocenters. The van der Waals surface area contributed by atoms with Crippen LogP contribution in [0.15, 0.2) is 22.7 Å². The summed E-state index contributed by atoms with van der Waals surface area (Å²) >= 11 is 3.32. The van der Waals surface area contributed by atoms with E-state index in [4.69, 9.17) is 4.74 Å². The lowest BCUT2D eigenvalue weighted by molar-refractivity contribution is -0.135. The summed E-state index contributed by atoms with van der Waals surface area (Å²) in [6.45, 7) is 0.